The normalized spacial score (nSPS) is 17.7. The molecule has 4 rings (SSSR count). The highest BCUT2D eigenvalue weighted by atomic mass is 16.2. The maximum Gasteiger partial charge on any atom is 0.257 e. The smallest absolute Gasteiger partial charge is 0.257 e. The first-order chi connectivity index (χ1) is 14.2. The highest BCUT2D eigenvalue weighted by Gasteiger charge is 2.28. The Bertz CT molecular complexity index is 849. The quantitative estimate of drug-likeness (QED) is 0.775. The average molecular weight is 396 g/mol. The maximum atomic E-state index is 13.1. The molecule has 1 aromatic carbocycles. The molecule has 2 fully saturated rings. The highest BCUT2D eigenvalue weighted by molar-refractivity contribution is 5.95. The van der Waals surface area contributed by atoms with E-state index in [0.29, 0.717) is 25.2 Å². The molecule has 0 N–H and O–H groups in total. The summed E-state index contributed by atoms with van der Waals surface area (Å²) in [4.78, 5) is 31.5. The summed E-state index contributed by atoms with van der Waals surface area (Å²) in [6.07, 6.45) is 4.66. The molecule has 0 unspecified atom stereocenters. The van der Waals surface area contributed by atoms with E-state index in [9.17, 15) is 9.59 Å². The van der Waals surface area contributed by atoms with Gasteiger partial charge in [-0.15, -0.1) is 0 Å². The molecule has 3 heterocycles. The van der Waals surface area contributed by atoms with Gasteiger partial charge in [-0.25, -0.2) is 4.68 Å². The van der Waals surface area contributed by atoms with Gasteiger partial charge in [-0.1, -0.05) is 25.1 Å². The van der Waals surface area contributed by atoms with Crippen molar-refractivity contribution in [3.8, 4) is 5.69 Å². The van der Waals surface area contributed by atoms with Crippen LogP contribution < -0.4 is 0 Å². The van der Waals surface area contributed by atoms with E-state index in [0.717, 1.165) is 56.8 Å². The van der Waals surface area contributed by atoms with Crippen molar-refractivity contribution in [2.24, 2.45) is 0 Å². The zero-order chi connectivity index (χ0) is 20.2. The van der Waals surface area contributed by atoms with E-state index in [1.165, 1.54) is 0 Å². The van der Waals surface area contributed by atoms with Crippen molar-refractivity contribution in [1.29, 1.82) is 0 Å². The molecule has 0 bridgehead atoms. The molecule has 0 radical (unpaired) electrons. The Morgan fingerprint density at radius 3 is 2.28 bits per heavy atom. The summed E-state index contributed by atoms with van der Waals surface area (Å²) in [6.45, 7) is 7.06. The van der Waals surface area contributed by atoms with Crippen LogP contribution in [-0.4, -0.2) is 82.1 Å². The van der Waals surface area contributed by atoms with Gasteiger partial charge in [-0.2, -0.15) is 5.10 Å². The van der Waals surface area contributed by atoms with Crippen molar-refractivity contribution in [2.75, 3.05) is 45.8 Å². The van der Waals surface area contributed by atoms with Crippen molar-refractivity contribution < 1.29 is 9.59 Å². The van der Waals surface area contributed by atoms with E-state index >= 15 is 0 Å². The van der Waals surface area contributed by atoms with Crippen molar-refractivity contribution in [1.82, 2.24) is 24.5 Å². The van der Waals surface area contributed by atoms with E-state index in [1.54, 1.807) is 6.20 Å². The molecule has 2 aromatic rings. The number of para-hydroxylation sites is 1. The minimum Gasteiger partial charge on any atom is -0.342 e. The van der Waals surface area contributed by atoms with Crippen LogP contribution >= 0.6 is 0 Å². The fourth-order valence-corrected chi connectivity index (χ4v) is 4.22. The topological polar surface area (TPSA) is 61.7 Å². The van der Waals surface area contributed by atoms with Gasteiger partial charge < -0.3 is 9.80 Å². The fraction of sp³-hybridized carbons (Fsp3) is 0.500. The van der Waals surface area contributed by atoms with Crippen LogP contribution in [0.4, 0.5) is 0 Å². The third-order valence-electron chi connectivity index (χ3n) is 5.91. The van der Waals surface area contributed by atoms with Crippen LogP contribution in [0.25, 0.3) is 5.69 Å². The Morgan fingerprint density at radius 1 is 0.931 bits per heavy atom. The summed E-state index contributed by atoms with van der Waals surface area (Å²) in [6, 6.07) is 9.91. The zero-order valence-electron chi connectivity index (χ0n) is 17.1. The van der Waals surface area contributed by atoms with Crippen molar-refractivity contribution >= 4 is 11.8 Å². The van der Waals surface area contributed by atoms with E-state index in [1.807, 2.05) is 44.8 Å². The molecule has 7 nitrogen and oxygen atoms in total. The highest BCUT2D eigenvalue weighted by Crippen LogP contribution is 2.18. The first-order valence-electron chi connectivity index (χ1n) is 10.6. The minimum absolute atomic E-state index is 0.0366. The number of likely N-dealkylation sites (tertiary alicyclic amines) is 1. The summed E-state index contributed by atoms with van der Waals surface area (Å²) in [7, 11) is 0. The number of carbonyl (C=O) groups excluding carboxylic acids is 2. The second kappa shape index (κ2) is 8.78. The van der Waals surface area contributed by atoms with Crippen molar-refractivity contribution in [3.63, 3.8) is 0 Å². The van der Waals surface area contributed by atoms with Gasteiger partial charge in [0, 0.05) is 39.3 Å². The molecule has 0 saturated carbocycles. The van der Waals surface area contributed by atoms with Crippen LogP contribution in [0.5, 0.6) is 0 Å². The van der Waals surface area contributed by atoms with E-state index in [-0.39, 0.29) is 11.8 Å². The molecule has 2 aliphatic heterocycles. The summed E-state index contributed by atoms with van der Waals surface area (Å²) < 4.78 is 1.86. The second-order valence-corrected chi connectivity index (χ2v) is 7.76. The zero-order valence-corrected chi connectivity index (χ0v) is 17.1. The van der Waals surface area contributed by atoms with Gasteiger partial charge >= 0.3 is 0 Å². The van der Waals surface area contributed by atoms with Crippen LogP contribution in [-0.2, 0) is 11.2 Å². The van der Waals surface area contributed by atoms with Crippen LogP contribution in [0.15, 0.2) is 36.5 Å². The predicted octanol–water partition coefficient (Wildman–Crippen LogP) is 1.81. The Hall–Kier alpha value is -2.67. The summed E-state index contributed by atoms with van der Waals surface area (Å²) >= 11 is 0. The maximum absolute atomic E-state index is 13.1. The predicted molar refractivity (Wildman–Crippen MR) is 111 cm³/mol. The lowest BCUT2D eigenvalue weighted by atomic mass is 10.1. The van der Waals surface area contributed by atoms with Gasteiger partial charge in [0.2, 0.25) is 5.91 Å². The molecule has 2 aliphatic rings. The number of benzene rings is 1. The molecule has 0 spiro atoms. The third kappa shape index (κ3) is 4.19. The number of amides is 2. The Morgan fingerprint density at radius 2 is 1.62 bits per heavy atom. The van der Waals surface area contributed by atoms with Gasteiger partial charge in [-0.05, 0) is 31.4 Å². The van der Waals surface area contributed by atoms with Crippen molar-refractivity contribution in [2.45, 2.75) is 26.2 Å². The average Bonchev–Trinajstić information content (AvgIpc) is 3.44. The Balaban J connectivity index is 1.38. The molecule has 1 aromatic heterocycles. The van der Waals surface area contributed by atoms with E-state index in [4.69, 9.17) is 0 Å². The molecule has 2 amide bonds. The molecular weight excluding hydrogens is 366 g/mol. The number of rotatable bonds is 5. The molecule has 7 heteroatoms. The van der Waals surface area contributed by atoms with E-state index in [2.05, 4.69) is 16.9 Å². The Labute approximate surface area is 171 Å². The fourth-order valence-electron chi connectivity index (χ4n) is 4.22. The molecule has 2 saturated heterocycles. The number of hydrogen-bond donors (Lipinski definition) is 0. The molecule has 29 heavy (non-hydrogen) atoms. The monoisotopic (exact) mass is 395 g/mol. The lowest BCUT2D eigenvalue weighted by Gasteiger charge is -2.35. The third-order valence-corrected chi connectivity index (χ3v) is 5.91. The van der Waals surface area contributed by atoms with Crippen LogP contribution in [0.1, 0.15) is 35.8 Å². The summed E-state index contributed by atoms with van der Waals surface area (Å²) in [5.41, 5.74) is 2.58. The number of hydrogen-bond acceptors (Lipinski definition) is 4. The Kier molecular flexibility index (Phi) is 5.94. The van der Waals surface area contributed by atoms with E-state index < -0.39 is 0 Å². The van der Waals surface area contributed by atoms with Crippen molar-refractivity contribution in [3.05, 3.63) is 47.8 Å². The minimum atomic E-state index is 0.0366. The summed E-state index contributed by atoms with van der Waals surface area (Å²) in [5, 5.41) is 4.48. The lowest BCUT2D eigenvalue weighted by Crippen LogP contribution is -2.51. The van der Waals surface area contributed by atoms with Crippen LogP contribution in [0.3, 0.4) is 0 Å². The molecular formula is C22H29N5O2. The lowest BCUT2D eigenvalue weighted by molar-refractivity contribution is -0.131. The molecule has 0 atom stereocenters. The van der Waals surface area contributed by atoms with Gasteiger partial charge in [0.15, 0.2) is 0 Å². The number of piperazine rings is 1. The van der Waals surface area contributed by atoms with Gasteiger partial charge in [0.25, 0.3) is 5.91 Å². The largest absolute Gasteiger partial charge is 0.342 e. The van der Waals surface area contributed by atoms with Gasteiger partial charge in [-0.3, -0.25) is 14.5 Å². The number of aromatic nitrogens is 2. The molecule has 154 valence electrons. The van der Waals surface area contributed by atoms with Crippen LogP contribution in [0, 0.1) is 0 Å². The van der Waals surface area contributed by atoms with Crippen LogP contribution in [0.2, 0.25) is 0 Å². The number of carbonyl (C=O) groups is 2. The SMILES string of the molecule is CCc1c(C(=O)N2CCN(CC(=O)N3CCCC3)CC2)cnn1-c1ccccc1. The first kappa shape index (κ1) is 19.6. The molecule has 0 aliphatic carbocycles. The summed E-state index contributed by atoms with van der Waals surface area (Å²) in [5.74, 6) is 0.259. The second-order valence-electron chi connectivity index (χ2n) is 7.76. The first-order valence-corrected chi connectivity index (χ1v) is 10.6. The number of nitrogens with zero attached hydrogens (tertiary/aromatic N) is 5. The van der Waals surface area contributed by atoms with Gasteiger partial charge in [0.1, 0.15) is 0 Å². The van der Waals surface area contributed by atoms with Gasteiger partial charge in [0.05, 0.1) is 29.7 Å². The standard InChI is InChI=1S/C22H29N5O2/c1-2-20-19(16-23-27(20)18-8-4-3-5-9-18)22(29)26-14-12-24(13-15-26)17-21(28)25-10-6-7-11-25/h3-5,8-9,16H,2,6-7,10-15,17H2,1H3.